The van der Waals surface area contributed by atoms with Crippen LogP contribution >= 0.6 is 0 Å². The molecular weight excluding hydrogens is 214 g/mol. The highest BCUT2D eigenvalue weighted by atomic mass is 16.5. The molecule has 0 amide bonds. The third-order valence-electron chi connectivity index (χ3n) is 3.36. The topological polar surface area (TPSA) is 30.5 Å². The van der Waals surface area contributed by atoms with Crippen molar-refractivity contribution in [3.8, 4) is 0 Å². The van der Waals surface area contributed by atoms with E-state index in [0.717, 1.165) is 32.8 Å². The second-order valence-corrected chi connectivity index (χ2v) is 5.56. The highest BCUT2D eigenvalue weighted by Crippen LogP contribution is 2.18. The average Bonchev–Trinajstić information content (AvgIpc) is 2.76. The van der Waals surface area contributed by atoms with Crippen molar-refractivity contribution >= 4 is 0 Å². The summed E-state index contributed by atoms with van der Waals surface area (Å²) in [6.07, 6.45) is 2.66. The summed E-state index contributed by atoms with van der Waals surface area (Å²) < 4.78 is 11.4. The standard InChI is InChI=1S/C14H29NO2/c1-5-15-14(13-6-7-16-9-13)10-17-12(4)8-11(2)3/h11-15H,5-10H2,1-4H3. The zero-order chi connectivity index (χ0) is 12.7. The molecule has 0 aromatic heterocycles. The SMILES string of the molecule is CCNC(COC(C)CC(C)C)C1CCOC1. The van der Waals surface area contributed by atoms with Crippen molar-refractivity contribution in [1.82, 2.24) is 5.32 Å². The van der Waals surface area contributed by atoms with Crippen LogP contribution < -0.4 is 5.32 Å². The van der Waals surface area contributed by atoms with Crippen molar-refractivity contribution in [2.45, 2.75) is 52.7 Å². The van der Waals surface area contributed by atoms with E-state index in [1.54, 1.807) is 0 Å². The molecule has 0 radical (unpaired) electrons. The molecule has 1 fully saturated rings. The van der Waals surface area contributed by atoms with E-state index in [2.05, 4.69) is 33.0 Å². The largest absolute Gasteiger partial charge is 0.381 e. The maximum atomic E-state index is 5.96. The molecule has 0 aliphatic carbocycles. The summed E-state index contributed by atoms with van der Waals surface area (Å²) in [7, 11) is 0. The molecule has 0 bridgehead atoms. The van der Waals surface area contributed by atoms with Gasteiger partial charge in [0.05, 0.1) is 19.3 Å². The van der Waals surface area contributed by atoms with E-state index < -0.39 is 0 Å². The Bertz CT molecular complexity index is 191. The van der Waals surface area contributed by atoms with Crippen LogP contribution in [0, 0.1) is 11.8 Å². The molecule has 3 nitrogen and oxygen atoms in total. The summed E-state index contributed by atoms with van der Waals surface area (Å²) in [4.78, 5) is 0. The van der Waals surface area contributed by atoms with Crippen LogP contribution in [-0.4, -0.2) is 38.5 Å². The molecule has 1 rings (SSSR count). The Morgan fingerprint density at radius 3 is 2.65 bits per heavy atom. The first-order chi connectivity index (χ1) is 8.13. The van der Waals surface area contributed by atoms with Crippen LogP contribution in [0.5, 0.6) is 0 Å². The van der Waals surface area contributed by atoms with E-state index in [9.17, 15) is 0 Å². The van der Waals surface area contributed by atoms with Gasteiger partial charge in [-0.2, -0.15) is 0 Å². The van der Waals surface area contributed by atoms with Crippen LogP contribution in [-0.2, 0) is 9.47 Å². The monoisotopic (exact) mass is 243 g/mol. The number of ether oxygens (including phenoxy) is 2. The first-order valence-corrected chi connectivity index (χ1v) is 7.06. The number of hydrogen-bond donors (Lipinski definition) is 1. The first-order valence-electron chi connectivity index (χ1n) is 7.06. The fourth-order valence-electron chi connectivity index (χ4n) is 2.49. The zero-order valence-corrected chi connectivity index (χ0v) is 11.9. The zero-order valence-electron chi connectivity index (χ0n) is 11.9. The molecule has 17 heavy (non-hydrogen) atoms. The molecule has 0 saturated carbocycles. The normalized spacial score (nSPS) is 24.2. The quantitative estimate of drug-likeness (QED) is 0.710. The van der Waals surface area contributed by atoms with Gasteiger partial charge in [0, 0.05) is 18.6 Å². The molecule has 3 heteroatoms. The molecule has 3 atom stereocenters. The lowest BCUT2D eigenvalue weighted by molar-refractivity contribution is 0.0254. The van der Waals surface area contributed by atoms with E-state index in [-0.39, 0.29) is 0 Å². The van der Waals surface area contributed by atoms with Crippen LogP contribution in [0.1, 0.15) is 40.5 Å². The van der Waals surface area contributed by atoms with Gasteiger partial charge in [-0.05, 0) is 32.2 Å². The Morgan fingerprint density at radius 2 is 2.12 bits per heavy atom. The Hall–Kier alpha value is -0.120. The maximum Gasteiger partial charge on any atom is 0.0626 e. The molecule has 1 aliphatic heterocycles. The molecular formula is C14H29NO2. The van der Waals surface area contributed by atoms with Gasteiger partial charge in [-0.25, -0.2) is 0 Å². The summed E-state index contributed by atoms with van der Waals surface area (Å²) in [5, 5.41) is 3.53. The molecule has 1 N–H and O–H groups in total. The Morgan fingerprint density at radius 1 is 1.35 bits per heavy atom. The molecule has 1 saturated heterocycles. The number of rotatable bonds is 8. The Balaban J connectivity index is 2.28. The van der Waals surface area contributed by atoms with Crippen molar-refractivity contribution < 1.29 is 9.47 Å². The fraction of sp³-hybridized carbons (Fsp3) is 1.00. The minimum absolute atomic E-state index is 0.360. The van der Waals surface area contributed by atoms with Gasteiger partial charge >= 0.3 is 0 Å². The van der Waals surface area contributed by atoms with Crippen LogP contribution in [0.25, 0.3) is 0 Å². The predicted molar refractivity (Wildman–Crippen MR) is 71.3 cm³/mol. The van der Waals surface area contributed by atoms with Crippen LogP contribution in [0.3, 0.4) is 0 Å². The summed E-state index contributed by atoms with van der Waals surface area (Å²) in [6.45, 7) is 12.4. The lowest BCUT2D eigenvalue weighted by Crippen LogP contribution is -2.41. The molecule has 0 spiro atoms. The van der Waals surface area contributed by atoms with Gasteiger partial charge in [0.25, 0.3) is 0 Å². The average molecular weight is 243 g/mol. The van der Waals surface area contributed by atoms with Gasteiger partial charge in [0.15, 0.2) is 0 Å². The summed E-state index contributed by atoms with van der Waals surface area (Å²) in [5.74, 6) is 1.33. The van der Waals surface area contributed by atoms with Crippen LogP contribution in [0.4, 0.5) is 0 Å². The van der Waals surface area contributed by atoms with E-state index in [1.807, 2.05) is 0 Å². The number of likely N-dealkylation sites (N-methyl/N-ethyl adjacent to an activating group) is 1. The van der Waals surface area contributed by atoms with Gasteiger partial charge < -0.3 is 14.8 Å². The van der Waals surface area contributed by atoms with Crippen molar-refractivity contribution in [3.05, 3.63) is 0 Å². The summed E-state index contributed by atoms with van der Waals surface area (Å²) in [5.41, 5.74) is 0. The van der Waals surface area contributed by atoms with E-state index in [4.69, 9.17) is 9.47 Å². The van der Waals surface area contributed by atoms with Crippen molar-refractivity contribution in [3.63, 3.8) is 0 Å². The third kappa shape index (κ3) is 5.84. The lowest BCUT2D eigenvalue weighted by Gasteiger charge is -2.25. The van der Waals surface area contributed by atoms with E-state index >= 15 is 0 Å². The van der Waals surface area contributed by atoms with Gasteiger partial charge in [0.1, 0.15) is 0 Å². The maximum absolute atomic E-state index is 5.96. The first kappa shape index (κ1) is 14.9. The minimum Gasteiger partial charge on any atom is -0.381 e. The molecule has 102 valence electrons. The minimum atomic E-state index is 0.360. The Kier molecular flexibility index (Phi) is 7.09. The fourth-order valence-corrected chi connectivity index (χ4v) is 2.49. The number of nitrogens with one attached hydrogen (secondary N) is 1. The molecule has 0 aromatic rings. The van der Waals surface area contributed by atoms with Gasteiger partial charge in [-0.1, -0.05) is 20.8 Å². The highest BCUT2D eigenvalue weighted by Gasteiger charge is 2.25. The highest BCUT2D eigenvalue weighted by molar-refractivity contribution is 4.79. The van der Waals surface area contributed by atoms with Gasteiger partial charge in [-0.15, -0.1) is 0 Å². The van der Waals surface area contributed by atoms with Crippen molar-refractivity contribution in [1.29, 1.82) is 0 Å². The van der Waals surface area contributed by atoms with Crippen molar-refractivity contribution in [2.75, 3.05) is 26.4 Å². The molecule has 0 aromatic carbocycles. The molecule has 1 aliphatic rings. The summed E-state index contributed by atoms with van der Waals surface area (Å²) in [6, 6.07) is 0.456. The third-order valence-corrected chi connectivity index (χ3v) is 3.36. The number of hydrogen-bond acceptors (Lipinski definition) is 3. The van der Waals surface area contributed by atoms with Gasteiger partial charge in [-0.3, -0.25) is 0 Å². The Labute approximate surface area is 106 Å². The van der Waals surface area contributed by atoms with Crippen molar-refractivity contribution in [2.24, 2.45) is 11.8 Å². The lowest BCUT2D eigenvalue weighted by atomic mass is 9.99. The predicted octanol–water partition coefficient (Wildman–Crippen LogP) is 2.45. The second kappa shape index (κ2) is 8.06. The van der Waals surface area contributed by atoms with Crippen LogP contribution in [0.15, 0.2) is 0 Å². The second-order valence-electron chi connectivity index (χ2n) is 5.56. The van der Waals surface area contributed by atoms with Gasteiger partial charge in [0.2, 0.25) is 0 Å². The summed E-state index contributed by atoms with van der Waals surface area (Å²) >= 11 is 0. The molecule has 1 heterocycles. The molecule has 3 unspecified atom stereocenters. The van der Waals surface area contributed by atoms with E-state index in [0.29, 0.717) is 24.0 Å². The smallest absolute Gasteiger partial charge is 0.0626 e. The van der Waals surface area contributed by atoms with E-state index in [1.165, 1.54) is 6.42 Å². The van der Waals surface area contributed by atoms with Crippen LogP contribution in [0.2, 0.25) is 0 Å².